The van der Waals surface area contributed by atoms with Gasteiger partial charge < -0.3 is 5.11 Å². The summed E-state index contributed by atoms with van der Waals surface area (Å²) in [5.41, 5.74) is -2.22. The topological polar surface area (TPSA) is 118 Å². The lowest BCUT2D eigenvalue weighted by atomic mass is 10.1. The van der Waals surface area contributed by atoms with Crippen molar-refractivity contribution in [3.8, 4) is 0 Å². The molecule has 21 heavy (non-hydrogen) atoms. The minimum absolute atomic E-state index is 0.106. The van der Waals surface area contributed by atoms with Gasteiger partial charge >= 0.3 is 5.97 Å². The Bertz CT molecular complexity index is 682. The maximum absolute atomic E-state index is 12.5. The van der Waals surface area contributed by atoms with Gasteiger partial charge in [0.2, 0.25) is 0 Å². The van der Waals surface area contributed by atoms with Crippen molar-refractivity contribution >= 4 is 44.6 Å². The number of likely N-dealkylation sites (N-methyl/N-ethyl adjacent to an activating group) is 1. The van der Waals surface area contributed by atoms with E-state index in [1.165, 1.54) is 20.8 Å². The third-order valence-corrected chi connectivity index (χ3v) is 6.76. The van der Waals surface area contributed by atoms with Gasteiger partial charge in [0.25, 0.3) is 15.7 Å². The minimum Gasteiger partial charge on any atom is -0.480 e. The van der Waals surface area contributed by atoms with Gasteiger partial charge in [0.05, 0.1) is 4.92 Å². The smallest absolute Gasteiger partial charge is 0.324 e. The van der Waals surface area contributed by atoms with Crippen LogP contribution in [0, 0.1) is 10.1 Å². The number of carboxylic acid groups (broad SMARTS) is 1. The fourth-order valence-electron chi connectivity index (χ4n) is 1.67. The Balaban J connectivity index is 3.42. The third-order valence-electron chi connectivity index (χ3n) is 2.82. The molecule has 0 aliphatic rings. The normalized spacial score (nSPS) is 12.6. The molecule has 0 spiro atoms. The van der Waals surface area contributed by atoms with Gasteiger partial charge in [-0.1, -0.05) is 18.5 Å². The zero-order valence-corrected chi connectivity index (χ0v) is 13.8. The molecule has 0 amide bonds. The molecule has 0 unspecified atom stereocenters. The molecule has 0 aliphatic heterocycles. The molecular formula is C10H13ClN2O6S2. The second-order valence-electron chi connectivity index (χ2n) is 4.52. The molecule has 0 bridgehead atoms. The number of halogens is 1. The van der Waals surface area contributed by atoms with E-state index in [9.17, 15) is 23.3 Å². The number of rotatable bonds is 6. The SMILES string of the molecule is CCN(C(C)(C)C(=O)O)S(=O)(=O)c1cc([N+](=O)[O-])c(Cl)s1. The Kier molecular flexibility index (Phi) is 4.98. The zero-order valence-electron chi connectivity index (χ0n) is 11.4. The molecule has 0 saturated heterocycles. The standard InChI is InChI=1S/C10H13ClN2O6S2/c1-4-12(10(2,3)9(14)15)21(18,19)7-5-6(13(16)17)8(11)20-7/h5H,4H2,1-3H3,(H,14,15). The van der Waals surface area contributed by atoms with Crippen LogP contribution in [0.5, 0.6) is 0 Å². The lowest BCUT2D eigenvalue weighted by Crippen LogP contribution is -2.52. The van der Waals surface area contributed by atoms with E-state index in [0.29, 0.717) is 11.3 Å². The van der Waals surface area contributed by atoms with Crippen LogP contribution in [-0.2, 0) is 14.8 Å². The lowest BCUT2D eigenvalue weighted by Gasteiger charge is -2.32. The summed E-state index contributed by atoms with van der Waals surface area (Å²) in [4.78, 5) is 21.2. The molecule has 1 heterocycles. The van der Waals surface area contributed by atoms with Gasteiger partial charge in [0.1, 0.15) is 9.75 Å². The van der Waals surface area contributed by atoms with E-state index in [1.807, 2.05) is 0 Å². The van der Waals surface area contributed by atoms with Crippen LogP contribution in [0.4, 0.5) is 5.69 Å². The van der Waals surface area contributed by atoms with Crippen molar-refractivity contribution in [3.63, 3.8) is 0 Å². The molecule has 118 valence electrons. The first-order valence-corrected chi connectivity index (χ1v) is 8.29. The van der Waals surface area contributed by atoms with Crippen LogP contribution in [-0.4, -0.2) is 40.8 Å². The van der Waals surface area contributed by atoms with E-state index in [2.05, 4.69) is 0 Å². The average Bonchev–Trinajstić information content (AvgIpc) is 2.72. The number of hydrogen-bond acceptors (Lipinski definition) is 6. The van der Waals surface area contributed by atoms with Crippen molar-refractivity contribution in [2.75, 3.05) is 6.54 Å². The number of aliphatic carboxylic acids is 1. The molecule has 0 saturated carbocycles. The summed E-state index contributed by atoms with van der Waals surface area (Å²) < 4.78 is 25.1. The number of nitrogens with zero attached hydrogens (tertiary/aromatic N) is 2. The van der Waals surface area contributed by atoms with E-state index < -0.39 is 32.1 Å². The Morgan fingerprint density at radius 2 is 2.10 bits per heavy atom. The summed E-state index contributed by atoms with van der Waals surface area (Å²) in [6.07, 6.45) is 0. The van der Waals surface area contributed by atoms with Gasteiger partial charge in [0.15, 0.2) is 4.34 Å². The summed E-state index contributed by atoms with van der Waals surface area (Å²) in [5, 5.41) is 19.9. The number of thiophene rings is 1. The van der Waals surface area contributed by atoms with Gasteiger partial charge in [-0.15, -0.1) is 11.3 Å². The second-order valence-corrected chi connectivity index (χ2v) is 8.26. The van der Waals surface area contributed by atoms with E-state index in [0.717, 1.165) is 10.4 Å². The number of sulfonamides is 1. The molecule has 0 aromatic carbocycles. The number of carboxylic acids is 1. The van der Waals surface area contributed by atoms with Crippen molar-refractivity contribution in [3.05, 3.63) is 20.5 Å². The van der Waals surface area contributed by atoms with Crippen LogP contribution in [0.3, 0.4) is 0 Å². The molecule has 0 aliphatic carbocycles. The summed E-state index contributed by atoms with van der Waals surface area (Å²) in [5.74, 6) is -1.33. The number of nitro groups is 1. The summed E-state index contributed by atoms with van der Waals surface area (Å²) >= 11 is 6.17. The van der Waals surface area contributed by atoms with Gasteiger partial charge in [-0.2, -0.15) is 4.31 Å². The third kappa shape index (κ3) is 3.18. The molecule has 0 atom stereocenters. The maximum Gasteiger partial charge on any atom is 0.324 e. The molecule has 11 heteroatoms. The molecule has 1 aromatic heterocycles. The van der Waals surface area contributed by atoms with E-state index in [-0.39, 0.29) is 15.1 Å². The number of carbonyl (C=O) groups is 1. The van der Waals surface area contributed by atoms with Crippen LogP contribution in [0.1, 0.15) is 20.8 Å². The lowest BCUT2D eigenvalue weighted by molar-refractivity contribution is -0.384. The first-order chi connectivity index (χ1) is 9.46. The zero-order chi connectivity index (χ0) is 16.6. The largest absolute Gasteiger partial charge is 0.480 e. The highest BCUT2D eigenvalue weighted by Crippen LogP contribution is 2.38. The Labute approximate surface area is 130 Å². The molecule has 8 nitrogen and oxygen atoms in total. The van der Waals surface area contributed by atoms with Crippen molar-refractivity contribution in [2.24, 2.45) is 0 Å². The Hall–Kier alpha value is -1.23. The van der Waals surface area contributed by atoms with Crippen LogP contribution >= 0.6 is 22.9 Å². The first kappa shape index (κ1) is 17.8. The van der Waals surface area contributed by atoms with Gasteiger partial charge in [-0.25, -0.2) is 8.42 Å². The first-order valence-electron chi connectivity index (χ1n) is 5.66. The highest BCUT2D eigenvalue weighted by atomic mass is 35.5. The van der Waals surface area contributed by atoms with E-state index in [1.54, 1.807) is 0 Å². The van der Waals surface area contributed by atoms with Crippen molar-refractivity contribution in [1.82, 2.24) is 4.31 Å². The molecule has 0 fully saturated rings. The van der Waals surface area contributed by atoms with Gasteiger partial charge in [0, 0.05) is 12.6 Å². The maximum atomic E-state index is 12.5. The highest BCUT2D eigenvalue weighted by Gasteiger charge is 2.43. The monoisotopic (exact) mass is 356 g/mol. The fraction of sp³-hybridized carbons (Fsp3) is 0.500. The molecule has 1 rings (SSSR count). The van der Waals surface area contributed by atoms with Gasteiger partial charge in [-0.05, 0) is 13.8 Å². The van der Waals surface area contributed by atoms with Gasteiger partial charge in [-0.3, -0.25) is 14.9 Å². The molecular weight excluding hydrogens is 344 g/mol. The van der Waals surface area contributed by atoms with Crippen LogP contribution in [0.15, 0.2) is 10.3 Å². The van der Waals surface area contributed by atoms with Crippen molar-refractivity contribution in [1.29, 1.82) is 0 Å². The van der Waals surface area contributed by atoms with E-state index in [4.69, 9.17) is 16.7 Å². The second kappa shape index (κ2) is 5.87. The average molecular weight is 357 g/mol. The summed E-state index contributed by atoms with van der Waals surface area (Å²) in [6, 6.07) is 0.836. The van der Waals surface area contributed by atoms with Crippen molar-refractivity contribution in [2.45, 2.75) is 30.5 Å². The summed E-state index contributed by atoms with van der Waals surface area (Å²) in [6.45, 7) is 3.84. The Morgan fingerprint density at radius 1 is 1.57 bits per heavy atom. The molecule has 1 N–H and O–H groups in total. The fourth-order valence-corrected chi connectivity index (χ4v) is 5.20. The predicted molar refractivity (Wildman–Crippen MR) is 77.3 cm³/mol. The summed E-state index contributed by atoms with van der Waals surface area (Å²) in [7, 11) is -4.21. The minimum atomic E-state index is -4.21. The Morgan fingerprint density at radius 3 is 2.43 bits per heavy atom. The van der Waals surface area contributed by atoms with Crippen LogP contribution in [0.25, 0.3) is 0 Å². The van der Waals surface area contributed by atoms with Crippen molar-refractivity contribution < 1.29 is 23.2 Å². The molecule has 1 aromatic rings. The van der Waals surface area contributed by atoms with E-state index >= 15 is 0 Å². The highest BCUT2D eigenvalue weighted by molar-refractivity contribution is 7.91. The molecule has 0 radical (unpaired) electrons. The van der Waals surface area contributed by atoms with Crippen LogP contribution in [0.2, 0.25) is 4.34 Å². The predicted octanol–water partition coefficient (Wildman–Crippen LogP) is 2.18. The number of hydrogen-bond donors (Lipinski definition) is 1. The quantitative estimate of drug-likeness (QED) is 0.616. The van der Waals surface area contributed by atoms with Crippen LogP contribution < -0.4 is 0 Å².